The molecule has 1 fully saturated rings. The number of amides is 1. The molecule has 98 valence electrons. The zero-order chi connectivity index (χ0) is 13.1. The molecular weight excluding hydrogens is 230 g/mol. The average Bonchev–Trinajstić information content (AvgIpc) is 2.72. The summed E-state index contributed by atoms with van der Waals surface area (Å²) < 4.78 is 5.10. The van der Waals surface area contributed by atoms with Crippen molar-refractivity contribution in [1.82, 2.24) is 5.32 Å². The van der Waals surface area contributed by atoms with Crippen LogP contribution in [-0.2, 0) is 11.2 Å². The molecule has 18 heavy (non-hydrogen) atoms. The Kier molecular flexibility index (Phi) is 3.87. The molecule has 4 nitrogen and oxygen atoms in total. The topological polar surface area (TPSA) is 58.6 Å². The molecule has 3 atom stereocenters. The number of benzene rings is 1. The summed E-state index contributed by atoms with van der Waals surface area (Å²) in [6.07, 6.45) is 0.193. The number of methoxy groups -OCH3 is 1. The first kappa shape index (κ1) is 12.9. The minimum Gasteiger partial charge on any atom is -0.497 e. The smallest absolute Gasteiger partial charge is 0.223 e. The number of ether oxygens (including phenoxy) is 1. The molecule has 1 saturated heterocycles. The Labute approximate surface area is 107 Å². The van der Waals surface area contributed by atoms with Crippen molar-refractivity contribution in [3.63, 3.8) is 0 Å². The van der Waals surface area contributed by atoms with Gasteiger partial charge in [0.25, 0.3) is 0 Å². The van der Waals surface area contributed by atoms with Crippen molar-refractivity contribution in [3.05, 3.63) is 29.8 Å². The molecule has 1 aromatic carbocycles. The summed E-state index contributed by atoms with van der Waals surface area (Å²) in [5, 5.41) is 12.5. The number of rotatable bonds is 4. The highest BCUT2D eigenvalue weighted by Gasteiger charge is 2.37. The van der Waals surface area contributed by atoms with E-state index in [-0.39, 0.29) is 17.7 Å². The van der Waals surface area contributed by atoms with Gasteiger partial charge in [-0.05, 0) is 31.0 Å². The standard InChI is InChI=1S/C14H19NO3/c1-9(16)13-8-15-14(17)12(13)7-10-3-5-11(18-2)6-4-10/h3-6,9,12-13,16H,7-8H2,1-2H3,(H,15,17)/t9-,12-,13?/m1/s1. The number of nitrogens with one attached hydrogen (secondary N) is 1. The second kappa shape index (κ2) is 5.40. The highest BCUT2D eigenvalue weighted by molar-refractivity contribution is 5.81. The Bertz CT molecular complexity index is 414. The molecule has 1 amide bonds. The molecule has 1 heterocycles. The van der Waals surface area contributed by atoms with Crippen molar-refractivity contribution in [1.29, 1.82) is 0 Å². The molecule has 0 bridgehead atoms. The normalized spacial score (nSPS) is 24.7. The van der Waals surface area contributed by atoms with Crippen molar-refractivity contribution in [2.75, 3.05) is 13.7 Å². The van der Waals surface area contributed by atoms with Crippen LogP contribution in [0.25, 0.3) is 0 Å². The van der Waals surface area contributed by atoms with Gasteiger partial charge in [-0.25, -0.2) is 0 Å². The second-order valence-corrected chi connectivity index (χ2v) is 4.81. The largest absolute Gasteiger partial charge is 0.497 e. The lowest BCUT2D eigenvalue weighted by atomic mass is 9.86. The van der Waals surface area contributed by atoms with Crippen LogP contribution < -0.4 is 10.1 Å². The van der Waals surface area contributed by atoms with Gasteiger partial charge in [0.2, 0.25) is 5.91 Å². The summed E-state index contributed by atoms with van der Waals surface area (Å²) in [7, 11) is 1.63. The second-order valence-electron chi connectivity index (χ2n) is 4.81. The monoisotopic (exact) mass is 249 g/mol. The van der Waals surface area contributed by atoms with Gasteiger partial charge in [0.05, 0.1) is 13.2 Å². The van der Waals surface area contributed by atoms with E-state index in [1.165, 1.54) is 0 Å². The lowest BCUT2D eigenvalue weighted by molar-refractivity contribution is -0.123. The van der Waals surface area contributed by atoms with Gasteiger partial charge in [-0.15, -0.1) is 0 Å². The van der Waals surface area contributed by atoms with E-state index in [1.807, 2.05) is 24.3 Å². The van der Waals surface area contributed by atoms with Crippen LogP contribution in [0.5, 0.6) is 5.75 Å². The quantitative estimate of drug-likeness (QED) is 0.836. The first-order valence-electron chi connectivity index (χ1n) is 6.20. The fourth-order valence-corrected chi connectivity index (χ4v) is 2.45. The molecule has 1 aliphatic rings. The number of carbonyl (C=O) groups is 1. The molecule has 0 spiro atoms. The summed E-state index contributed by atoms with van der Waals surface area (Å²) in [6.45, 7) is 2.31. The van der Waals surface area contributed by atoms with Crippen LogP contribution in [0.15, 0.2) is 24.3 Å². The third-order valence-electron chi connectivity index (χ3n) is 3.60. The highest BCUT2D eigenvalue weighted by Crippen LogP contribution is 2.26. The van der Waals surface area contributed by atoms with E-state index in [9.17, 15) is 9.90 Å². The van der Waals surface area contributed by atoms with E-state index < -0.39 is 6.10 Å². The van der Waals surface area contributed by atoms with E-state index in [0.29, 0.717) is 13.0 Å². The highest BCUT2D eigenvalue weighted by atomic mass is 16.5. The molecule has 4 heteroatoms. The van der Waals surface area contributed by atoms with Gasteiger partial charge in [0, 0.05) is 18.4 Å². The van der Waals surface area contributed by atoms with Crippen molar-refractivity contribution in [2.45, 2.75) is 19.4 Å². The lowest BCUT2D eigenvalue weighted by Crippen LogP contribution is -2.27. The number of hydrogen-bond donors (Lipinski definition) is 2. The Hall–Kier alpha value is -1.55. The molecule has 1 aromatic rings. The maximum atomic E-state index is 11.8. The van der Waals surface area contributed by atoms with Crippen LogP contribution in [0, 0.1) is 11.8 Å². The summed E-state index contributed by atoms with van der Waals surface area (Å²) in [6, 6.07) is 7.70. The van der Waals surface area contributed by atoms with Gasteiger partial charge >= 0.3 is 0 Å². The molecule has 2 rings (SSSR count). The minimum atomic E-state index is -0.466. The molecule has 0 radical (unpaired) electrons. The fourth-order valence-electron chi connectivity index (χ4n) is 2.45. The molecular formula is C14H19NO3. The van der Waals surface area contributed by atoms with Gasteiger partial charge in [0.1, 0.15) is 5.75 Å². The third kappa shape index (κ3) is 2.64. The third-order valence-corrected chi connectivity index (χ3v) is 3.60. The molecule has 0 aromatic heterocycles. The fraction of sp³-hybridized carbons (Fsp3) is 0.500. The van der Waals surface area contributed by atoms with Gasteiger partial charge in [0.15, 0.2) is 0 Å². The summed E-state index contributed by atoms with van der Waals surface area (Å²) in [4.78, 5) is 11.8. The number of carbonyl (C=O) groups excluding carboxylic acids is 1. The Morgan fingerprint density at radius 2 is 2.11 bits per heavy atom. The summed E-state index contributed by atoms with van der Waals surface area (Å²) in [5.74, 6) is 0.705. The molecule has 1 unspecified atom stereocenters. The maximum absolute atomic E-state index is 11.8. The molecule has 0 aliphatic carbocycles. The van der Waals surface area contributed by atoms with E-state index in [2.05, 4.69) is 5.32 Å². The Balaban J connectivity index is 2.08. The number of aliphatic hydroxyl groups excluding tert-OH is 1. The summed E-state index contributed by atoms with van der Waals surface area (Å²) >= 11 is 0. The van der Waals surface area contributed by atoms with E-state index in [1.54, 1.807) is 14.0 Å². The average molecular weight is 249 g/mol. The van der Waals surface area contributed by atoms with Gasteiger partial charge in [-0.2, -0.15) is 0 Å². The van der Waals surface area contributed by atoms with Crippen LogP contribution in [0.4, 0.5) is 0 Å². The van der Waals surface area contributed by atoms with Crippen LogP contribution in [0.2, 0.25) is 0 Å². The first-order valence-corrected chi connectivity index (χ1v) is 6.20. The lowest BCUT2D eigenvalue weighted by Gasteiger charge is -2.19. The number of hydrogen-bond acceptors (Lipinski definition) is 3. The van der Waals surface area contributed by atoms with Crippen molar-refractivity contribution < 1.29 is 14.6 Å². The van der Waals surface area contributed by atoms with Crippen molar-refractivity contribution in [3.8, 4) is 5.75 Å². The van der Waals surface area contributed by atoms with E-state index in [0.717, 1.165) is 11.3 Å². The van der Waals surface area contributed by atoms with Gasteiger partial charge in [-0.3, -0.25) is 4.79 Å². The van der Waals surface area contributed by atoms with Gasteiger partial charge in [-0.1, -0.05) is 12.1 Å². The maximum Gasteiger partial charge on any atom is 0.223 e. The van der Waals surface area contributed by atoms with Crippen LogP contribution in [0.1, 0.15) is 12.5 Å². The SMILES string of the molecule is COc1ccc(C[C@H]2C(=O)NCC2[C@@H](C)O)cc1. The van der Waals surface area contributed by atoms with E-state index >= 15 is 0 Å². The summed E-state index contributed by atoms with van der Waals surface area (Å²) in [5.41, 5.74) is 1.09. The predicted octanol–water partition coefficient (Wildman–Crippen LogP) is 0.981. The molecule has 2 N–H and O–H groups in total. The zero-order valence-corrected chi connectivity index (χ0v) is 10.7. The van der Waals surface area contributed by atoms with Gasteiger partial charge < -0.3 is 15.2 Å². The van der Waals surface area contributed by atoms with Crippen molar-refractivity contribution in [2.24, 2.45) is 11.8 Å². The Morgan fingerprint density at radius 1 is 1.44 bits per heavy atom. The Morgan fingerprint density at radius 3 is 2.67 bits per heavy atom. The van der Waals surface area contributed by atoms with E-state index in [4.69, 9.17) is 4.74 Å². The molecule has 1 aliphatic heterocycles. The minimum absolute atomic E-state index is 0.000369. The predicted molar refractivity (Wildman–Crippen MR) is 68.4 cm³/mol. The first-order chi connectivity index (χ1) is 8.61. The van der Waals surface area contributed by atoms with Crippen LogP contribution >= 0.6 is 0 Å². The van der Waals surface area contributed by atoms with Crippen LogP contribution in [-0.4, -0.2) is 30.8 Å². The zero-order valence-electron chi connectivity index (χ0n) is 10.7. The molecule has 0 saturated carbocycles. The number of aliphatic hydroxyl groups is 1. The van der Waals surface area contributed by atoms with Crippen LogP contribution in [0.3, 0.4) is 0 Å². The van der Waals surface area contributed by atoms with Crippen molar-refractivity contribution >= 4 is 5.91 Å².